The fourth-order valence-electron chi connectivity index (χ4n) is 2.54. The topological polar surface area (TPSA) is 46.2 Å². The van der Waals surface area contributed by atoms with Gasteiger partial charge in [-0.05, 0) is 37.1 Å². The number of hydrogen-bond donors (Lipinski definition) is 1. The summed E-state index contributed by atoms with van der Waals surface area (Å²) in [6, 6.07) is 6.25. The molecule has 1 rings (SSSR count). The van der Waals surface area contributed by atoms with Gasteiger partial charge in [0, 0.05) is 16.9 Å². The molecule has 0 aliphatic carbocycles. The molecule has 138 valence electrons. The molecule has 0 radical (unpaired) electrons. The van der Waals surface area contributed by atoms with Gasteiger partial charge in [-0.1, -0.05) is 78.9 Å². The number of alkyl halides is 1. The van der Waals surface area contributed by atoms with E-state index in [0.717, 1.165) is 18.2 Å². The normalized spacial score (nSPS) is 11.8. The van der Waals surface area contributed by atoms with Crippen LogP contribution in [0.1, 0.15) is 64.2 Å². The van der Waals surface area contributed by atoms with E-state index >= 15 is 0 Å². The monoisotopic (exact) mass is 437 g/mol. The molecule has 0 atom stereocenters. The lowest BCUT2D eigenvalue weighted by Gasteiger charge is -2.07. The number of rotatable bonds is 14. The van der Waals surface area contributed by atoms with Crippen LogP contribution in [0.5, 0.6) is 0 Å². The van der Waals surface area contributed by atoms with Crippen molar-refractivity contribution in [3.8, 4) is 0 Å². The van der Waals surface area contributed by atoms with Gasteiger partial charge < -0.3 is 0 Å². The summed E-state index contributed by atoms with van der Waals surface area (Å²) in [5.74, 6) is 0. The van der Waals surface area contributed by atoms with Gasteiger partial charge in [-0.2, -0.15) is 0 Å². The highest BCUT2D eigenvalue weighted by Gasteiger charge is 2.12. The molecule has 1 aromatic carbocycles. The number of benzene rings is 1. The molecular weight excluding hydrogens is 410 g/mol. The van der Waals surface area contributed by atoms with Crippen molar-refractivity contribution in [3.63, 3.8) is 0 Å². The Bertz CT molecular complexity index is 534. The van der Waals surface area contributed by atoms with Gasteiger partial charge in [0.2, 0.25) is 10.0 Å². The van der Waals surface area contributed by atoms with Crippen LogP contribution in [0.4, 0.5) is 0 Å². The van der Waals surface area contributed by atoms with Crippen LogP contribution in [0, 0.1) is 0 Å². The van der Waals surface area contributed by atoms with Crippen molar-refractivity contribution in [2.75, 3.05) is 11.9 Å². The van der Waals surface area contributed by atoms with E-state index in [1.165, 1.54) is 63.5 Å². The van der Waals surface area contributed by atoms with Crippen LogP contribution in [-0.4, -0.2) is 20.3 Å². The highest BCUT2D eigenvalue weighted by molar-refractivity contribution is 9.09. The maximum atomic E-state index is 12.1. The summed E-state index contributed by atoms with van der Waals surface area (Å²) >= 11 is 9.23. The number of unbranched alkanes of at least 4 members (excludes halogenated alkanes) is 9. The number of nitrogens with one attached hydrogen (secondary N) is 1. The lowest BCUT2D eigenvalue weighted by atomic mass is 10.1. The van der Waals surface area contributed by atoms with Gasteiger partial charge in [0.25, 0.3) is 0 Å². The zero-order valence-corrected chi connectivity index (χ0v) is 17.4. The molecule has 6 heteroatoms. The average molecular weight is 439 g/mol. The summed E-state index contributed by atoms with van der Waals surface area (Å²) in [5, 5.41) is 1.66. The van der Waals surface area contributed by atoms with E-state index in [9.17, 15) is 8.42 Å². The van der Waals surface area contributed by atoms with Crippen molar-refractivity contribution in [2.24, 2.45) is 0 Å². The van der Waals surface area contributed by atoms with Crippen LogP contribution >= 0.6 is 27.5 Å². The van der Waals surface area contributed by atoms with E-state index in [4.69, 9.17) is 11.6 Å². The summed E-state index contributed by atoms with van der Waals surface area (Å²) in [4.78, 5) is 0.270. The Kier molecular flexibility index (Phi) is 12.0. The molecule has 0 amide bonds. The van der Waals surface area contributed by atoms with E-state index in [2.05, 4.69) is 20.7 Å². The van der Waals surface area contributed by atoms with Gasteiger partial charge in [0.15, 0.2) is 0 Å². The molecule has 0 spiro atoms. The molecule has 0 fully saturated rings. The summed E-state index contributed by atoms with van der Waals surface area (Å²) in [6.45, 7) is 0.498. The predicted molar refractivity (Wildman–Crippen MR) is 107 cm³/mol. The molecule has 24 heavy (non-hydrogen) atoms. The van der Waals surface area contributed by atoms with Crippen molar-refractivity contribution in [3.05, 3.63) is 29.3 Å². The van der Waals surface area contributed by atoms with Crippen molar-refractivity contribution in [1.29, 1.82) is 0 Å². The van der Waals surface area contributed by atoms with Gasteiger partial charge in [-0.15, -0.1) is 0 Å². The number of sulfonamides is 1. The summed E-state index contributed by atoms with van der Waals surface area (Å²) in [6.07, 6.45) is 12.3. The third kappa shape index (κ3) is 10.0. The lowest BCUT2D eigenvalue weighted by Crippen LogP contribution is -2.24. The fraction of sp³-hybridized carbons (Fsp3) is 0.667. The molecule has 0 saturated heterocycles. The zero-order chi connectivity index (χ0) is 17.7. The van der Waals surface area contributed by atoms with Crippen molar-refractivity contribution in [1.82, 2.24) is 4.72 Å². The first kappa shape index (κ1) is 21.9. The molecule has 3 nitrogen and oxygen atoms in total. The van der Waals surface area contributed by atoms with Gasteiger partial charge >= 0.3 is 0 Å². The SMILES string of the molecule is O=S(=O)(NCCCCCCCCCCCCBr)c1ccc(Cl)cc1. The van der Waals surface area contributed by atoms with Crippen LogP contribution in [-0.2, 0) is 10.0 Å². The Labute approximate surface area is 160 Å². The first-order valence-corrected chi connectivity index (χ1v) is 11.9. The Hall–Kier alpha value is -0.100. The number of halogens is 2. The minimum atomic E-state index is -3.40. The first-order valence-electron chi connectivity index (χ1n) is 8.87. The maximum absolute atomic E-state index is 12.1. The Morgan fingerprint density at radius 3 is 1.75 bits per heavy atom. The van der Waals surface area contributed by atoms with Crippen molar-refractivity contribution < 1.29 is 8.42 Å². The minimum absolute atomic E-state index is 0.270. The molecule has 1 aromatic rings. The van der Waals surface area contributed by atoms with Gasteiger partial charge in [0.1, 0.15) is 0 Å². The average Bonchev–Trinajstić information content (AvgIpc) is 2.56. The van der Waals surface area contributed by atoms with Gasteiger partial charge in [0.05, 0.1) is 4.90 Å². The third-order valence-electron chi connectivity index (χ3n) is 3.98. The van der Waals surface area contributed by atoms with Crippen LogP contribution < -0.4 is 4.72 Å². The van der Waals surface area contributed by atoms with E-state index < -0.39 is 10.0 Å². The van der Waals surface area contributed by atoms with E-state index in [-0.39, 0.29) is 4.90 Å². The van der Waals surface area contributed by atoms with Crippen LogP contribution in [0.15, 0.2) is 29.2 Å². The Morgan fingerprint density at radius 2 is 1.25 bits per heavy atom. The second kappa shape index (κ2) is 13.2. The third-order valence-corrected chi connectivity index (χ3v) is 6.27. The molecule has 0 aliphatic heterocycles. The molecule has 0 aliphatic rings. The van der Waals surface area contributed by atoms with Crippen molar-refractivity contribution in [2.45, 2.75) is 69.1 Å². The van der Waals surface area contributed by atoms with Crippen LogP contribution in [0.2, 0.25) is 5.02 Å². The maximum Gasteiger partial charge on any atom is 0.240 e. The van der Waals surface area contributed by atoms with E-state index in [1.807, 2.05) is 0 Å². The minimum Gasteiger partial charge on any atom is -0.211 e. The highest BCUT2D eigenvalue weighted by Crippen LogP contribution is 2.14. The van der Waals surface area contributed by atoms with E-state index in [1.54, 1.807) is 12.1 Å². The smallest absolute Gasteiger partial charge is 0.211 e. The molecule has 0 aromatic heterocycles. The second-order valence-electron chi connectivity index (χ2n) is 6.08. The second-order valence-corrected chi connectivity index (χ2v) is 9.07. The fourth-order valence-corrected chi connectivity index (χ4v) is 4.13. The Morgan fingerprint density at radius 1 is 0.792 bits per heavy atom. The highest BCUT2D eigenvalue weighted by atomic mass is 79.9. The van der Waals surface area contributed by atoms with Gasteiger partial charge in [-0.25, -0.2) is 13.1 Å². The van der Waals surface area contributed by atoms with Crippen LogP contribution in [0.25, 0.3) is 0 Å². The molecule has 1 N–H and O–H groups in total. The number of hydrogen-bond acceptors (Lipinski definition) is 2. The predicted octanol–water partition coefficient (Wildman–Crippen LogP) is 5.91. The standard InChI is InChI=1S/C18H29BrClNO2S/c19-15-9-7-5-3-1-2-4-6-8-10-16-21-24(22,23)18-13-11-17(20)12-14-18/h11-14,21H,1-10,15-16H2. The van der Waals surface area contributed by atoms with Gasteiger partial charge in [-0.3, -0.25) is 0 Å². The first-order chi connectivity index (χ1) is 11.6. The largest absolute Gasteiger partial charge is 0.240 e. The van der Waals surface area contributed by atoms with Crippen molar-refractivity contribution >= 4 is 37.6 Å². The quantitative estimate of drug-likeness (QED) is 0.290. The molecular formula is C18H29BrClNO2S. The molecule has 0 saturated carbocycles. The summed E-state index contributed by atoms with van der Waals surface area (Å²) < 4.78 is 26.8. The summed E-state index contributed by atoms with van der Waals surface area (Å²) in [7, 11) is -3.40. The molecule has 0 bridgehead atoms. The van der Waals surface area contributed by atoms with E-state index in [0.29, 0.717) is 11.6 Å². The zero-order valence-electron chi connectivity index (χ0n) is 14.3. The molecule has 0 unspecified atom stereocenters. The van der Waals surface area contributed by atoms with Crippen LogP contribution in [0.3, 0.4) is 0 Å². The summed E-state index contributed by atoms with van der Waals surface area (Å²) in [5.41, 5.74) is 0. The lowest BCUT2D eigenvalue weighted by molar-refractivity contribution is 0.549. The molecule has 0 heterocycles. The Balaban J connectivity index is 2.01.